The molecule has 9 heteroatoms. The van der Waals surface area contributed by atoms with Crippen molar-refractivity contribution in [1.29, 1.82) is 0 Å². The number of rotatable bonds is 7. The van der Waals surface area contributed by atoms with Gasteiger partial charge in [-0.3, -0.25) is 0 Å². The summed E-state index contributed by atoms with van der Waals surface area (Å²) in [5.74, 6) is 1.88. The maximum absolute atomic E-state index is 12.4. The molecule has 1 aliphatic heterocycles. The Bertz CT molecular complexity index is 674. The summed E-state index contributed by atoms with van der Waals surface area (Å²) in [6.45, 7) is 4.46. The Balaban J connectivity index is 1.85. The van der Waals surface area contributed by atoms with Crippen LogP contribution in [0.4, 0.5) is 9.59 Å². The summed E-state index contributed by atoms with van der Waals surface area (Å²) in [7, 11) is 4.73. The van der Waals surface area contributed by atoms with Crippen LogP contribution in [0.2, 0.25) is 0 Å². The van der Waals surface area contributed by atoms with Gasteiger partial charge in [-0.05, 0) is 25.0 Å². The predicted molar refractivity (Wildman–Crippen MR) is 103 cm³/mol. The van der Waals surface area contributed by atoms with Crippen molar-refractivity contribution in [2.45, 2.75) is 13.3 Å². The molecule has 0 aliphatic carbocycles. The van der Waals surface area contributed by atoms with E-state index in [4.69, 9.17) is 18.9 Å². The number of carbonyl (C=O) groups is 2. The molecular formula is C19H29N3O6. The van der Waals surface area contributed by atoms with Crippen LogP contribution in [0.1, 0.15) is 12.5 Å². The highest BCUT2D eigenvalue weighted by Gasteiger charge is 2.24. The molecule has 1 aromatic rings. The van der Waals surface area contributed by atoms with Crippen molar-refractivity contribution in [2.75, 3.05) is 60.7 Å². The van der Waals surface area contributed by atoms with E-state index >= 15 is 0 Å². The second-order valence-corrected chi connectivity index (χ2v) is 6.17. The van der Waals surface area contributed by atoms with Crippen LogP contribution < -0.4 is 19.5 Å². The van der Waals surface area contributed by atoms with Crippen molar-refractivity contribution in [3.63, 3.8) is 0 Å². The maximum Gasteiger partial charge on any atom is 0.409 e. The number of hydrogen-bond acceptors (Lipinski definition) is 6. The molecule has 156 valence electrons. The minimum absolute atomic E-state index is 0.150. The van der Waals surface area contributed by atoms with Crippen LogP contribution in [0.25, 0.3) is 0 Å². The van der Waals surface area contributed by atoms with E-state index in [0.717, 1.165) is 5.56 Å². The van der Waals surface area contributed by atoms with Gasteiger partial charge in [-0.2, -0.15) is 0 Å². The van der Waals surface area contributed by atoms with Crippen molar-refractivity contribution in [3.8, 4) is 17.2 Å². The van der Waals surface area contributed by atoms with Gasteiger partial charge < -0.3 is 34.1 Å². The normalized spacial score (nSPS) is 13.7. The Morgan fingerprint density at radius 2 is 1.50 bits per heavy atom. The first-order valence-electron chi connectivity index (χ1n) is 9.27. The van der Waals surface area contributed by atoms with Crippen LogP contribution in [0.15, 0.2) is 12.1 Å². The van der Waals surface area contributed by atoms with Crippen LogP contribution >= 0.6 is 0 Å². The summed E-state index contributed by atoms with van der Waals surface area (Å²) >= 11 is 0. The third kappa shape index (κ3) is 5.34. The van der Waals surface area contributed by atoms with Crippen molar-refractivity contribution < 1.29 is 28.5 Å². The highest BCUT2D eigenvalue weighted by molar-refractivity contribution is 5.75. The first kappa shape index (κ1) is 21.5. The molecule has 1 aromatic carbocycles. The fourth-order valence-electron chi connectivity index (χ4n) is 3.01. The van der Waals surface area contributed by atoms with Gasteiger partial charge in [-0.15, -0.1) is 0 Å². The third-order valence-corrected chi connectivity index (χ3v) is 4.55. The van der Waals surface area contributed by atoms with Crippen LogP contribution in [0.3, 0.4) is 0 Å². The third-order valence-electron chi connectivity index (χ3n) is 4.55. The van der Waals surface area contributed by atoms with E-state index in [1.807, 2.05) is 6.07 Å². The lowest BCUT2D eigenvalue weighted by atomic mass is 10.1. The van der Waals surface area contributed by atoms with Crippen molar-refractivity contribution in [3.05, 3.63) is 17.7 Å². The molecule has 0 aromatic heterocycles. The fourth-order valence-corrected chi connectivity index (χ4v) is 3.01. The Morgan fingerprint density at radius 3 is 2.07 bits per heavy atom. The summed E-state index contributed by atoms with van der Waals surface area (Å²) in [5.41, 5.74) is 0.910. The standard InChI is InChI=1S/C19H29N3O6/c1-5-28-19(24)22-10-8-21(9-11-22)18(23)20-7-6-14-12-16(26-3)17(27-4)13-15(14)25-2/h12-13H,5-11H2,1-4H3,(H,20,23). The van der Waals surface area contributed by atoms with Crippen molar-refractivity contribution >= 4 is 12.1 Å². The lowest BCUT2D eigenvalue weighted by Crippen LogP contribution is -2.53. The summed E-state index contributed by atoms with van der Waals surface area (Å²) < 4.78 is 21.0. The first-order valence-corrected chi connectivity index (χ1v) is 9.27. The van der Waals surface area contributed by atoms with Crippen LogP contribution in [-0.2, 0) is 11.2 Å². The zero-order chi connectivity index (χ0) is 20.5. The van der Waals surface area contributed by atoms with Gasteiger partial charge in [0.15, 0.2) is 11.5 Å². The molecule has 0 unspecified atom stereocenters. The molecule has 3 amide bonds. The van der Waals surface area contributed by atoms with Crippen molar-refractivity contribution in [1.82, 2.24) is 15.1 Å². The Kier molecular flexibility index (Phi) is 8.03. The minimum atomic E-state index is -0.330. The Morgan fingerprint density at radius 1 is 0.929 bits per heavy atom. The number of benzene rings is 1. The number of urea groups is 1. The molecule has 0 saturated carbocycles. The molecule has 9 nitrogen and oxygen atoms in total. The van der Waals surface area contributed by atoms with Gasteiger partial charge in [0.25, 0.3) is 0 Å². The number of hydrogen-bond donors (Lipinski definition) is 1. The van der Waals surface area contributed by atoms with E-state index in [0.29, 0.717) is 63.0 Å². The Labute approximate surface area is 165 Å². The molecule has 0 bridgehead atoms. The van der Waals surface area contributed by atoms with Crippen molar-refractivity contribution in [2.24, 2.45) is 0 Å². The van der Waals surface area contributed by atoms with E-state index in [-0.39, 0.29) is 12.1 Å². The van der Waals surface area contributed by atoms with E-state index in [9.17, 15) is 9.59 Å². The molecule has 1 N–H and O–H groups in total. The zero-order valence-electron chi connectivity index (χ0n) is 16.9. The number of methoxy groups -OCH3 is 3. The van der Waals surface area contributed by atoms with Crippen LogP contribution in [0.5, 0.6) is 17.2 Å². The van der Waals surface area contributed by atoms with Gasteiger partial charge in [0, 0.05) is 38.8 Å². The summed E-state index contributed by atoms with van der Waals surface area (Å²) in [6, 6.07) is 3.47. The molecule has 0 radical (unpaired) electrons. The van der Waals surface area contributed by atoms with Crippen LogP contribution in [0, 0.1) is 0 Å². The minimum Gasteiger partial charge on any atom is -0.496 e. The summed E-state index contributed by atoms with van der Waals surface area (Å²) in [6.07, 6.45) is 0.251. The quantitative estimate of drug-likeness (QED) is 0.756. The number of amides is 3. The maximum atomic E-state index is 12.4. The second-order valence-electron chi connectivity index (χ2n) is 6.17. The second kappa shape index (κ2) is 10.5. The number of carbonyl (C=O) groups excluding carboxylic acids is 2. The molecule has 2 rings (SSSR count). The monoisotopic (exact) mass is 395 g/mol. The molecule has 0 spiro atoms. The molecule has 1 saturated heterocycles. The average molecular weight is 395 g/mol. The summed E-state index contributed by atoms with van der Waals surface area (Å²) in [4.78, 5) is 27.4. The van der Waals surface area contributed by atoms with Gasteiger partial charge in [-0.1, -0.05) is 0 Å². The molecule has 0 atom stereocenters. The average Bonchev–Trinajstić information content (AvgIpc) is 2.73. The number of nitrogens with zero attached hydrogens (tertiary/aromatic N) is 2. The van der Waals surface area contributed by atoms with Gasteiger partial charge in [0.05, 0.1) is 27.9 Å². The Hall–Kier alpha value is -2.84. The highest BCUT2D eigenvalue weighted by atomic mass is 16.6. The van der Waals surface area contributed by atoms with E-state index in [1.165, 1.54) is 0 Å². The SMILES string of the molecule is CCOC(=O)N1CCN(C(=O)NCCc2cc(OC)c(OC)cc2OC)CC1. The van der Waals surface area contributed by atoms with E-state index in [2.05, 4.69) is 5.32 Å². The topological polar surface area (TPSA) is 89.6 Å². The smallest absolute Gasteiger partial charge is 0.409 e. The zero-order valence-corrected chi connectivity index (χ0v) is 16.9. The van der Waals surface area contributed by atoms with Gasteiger partial charge in [0.2, 0.25) is 0 Å². The predicted octanol–water partition coefficient (Wildman–Crippen LogP) is 1.74. The first-order chi connectivity index (χ1) is 13.5. The molecule has 1 fully saturated rings. The van der Waals surface area contributed by atoms with Gasteiger partial charge in [0.1, 0.15) is 5.75 Å². The lowest BCUT2D eigenvalue weighted by Gasteiger charge is -2.34. The number of piperazine rings is 1. The van der Waals surface area contributed by atoms with E-state index < -0.39 is 0 Å². The highest BCUT2D eigenvalue weighted by Crippen LogP contribution is 2.34. The number of nitrogens with one attached hydrogen (secondary N) is 1. The largest absolute Gasteiger partial charge is 0.496 e. The van der Waals surface area contributed by atoms with Crippen LogP contribution in [-0.4, -0.2) is 82.6 Å². The molecular weight excluding hydrogens is 366 g/mol. The van der Waals surface area contributed by atoms with Gasteiger partial charge in [-0.25, -0.2) is 9.59 Å². The summed E-state index contributed by atoms with van der Waals surface area (Å²) in [5, 5.41) is 2.91. The lowest BCUT2D eigenvalue weighted by molar-refractivity contribution is 0.0852. The van der Waals surface area contributed by atoms with E-state index in [1.54, 1.807) is 44.1 Å². The number of ether oxygens (including phenoxy) is 4. The molecule has 28 heavy (non-hydrogen) atoms. The van der Waals surface area contributed by atoms with Gasteiger partial charge >= 0.3 is 12.1 Å². The fraction of sp³-hybridized carbons (Fsp3) is 0.579. The molecule has 1 aliphatic rings. The molecule has 1 heterocycles.